The number of halogens is 1. The molecule has 1 aliphatic carbocycles. The van der Waals surface area contributed by atoms with E-state index in [0.717, 1.165) is 37.7 Å². The third-order valence-corrected chi connectivity index (χ3v) is 3.71. The second-order valence-corrected chi connectivity index (χ2v) is 5.45. The van der Waals surface area contributed by atoms with Gasteiger partial charge in [-0.15, -0.1) is 0 Å². The van der Waals surface area contributed by atoms with E-state index in [1.165, 1.54) is 5.56 Å². The minimum atomic E-state index is 0.128. The van der Waals surface area contributed by atoms with Gasteiger partial charge >= 0.3 is 0 Å². The fraction of sp³-hybridized carbons (Fsp3) is 0.412. The summed E-state index contributed by atoms with van der Waals surface area (Å²) in [4.78, 5) is 2.39. The molecule has 0 amide bonds. The summed E-state index contributed by atoms with van der Waals surface area (Å²) in [5.41, 5.74) is 1.35. The molecule has 2 nitrogen and oxygen atoms in total. The molecule has 0 N–H and O–H groups in total. The number of hydrogen-bond donors (Lipinski definition) is 0. The second kappa shape index (κ2) is 8.25. The van der Waals surface area contributed by atoms with Crippen molar-refractivity contribution >= 4 is 11.6 Å². The molecule has 0 saturated heterocycles. The van der Waals surface area contributed by atoms with E-state index in [9.17, 15) is 0 Å². The number of likely N-dealkylation sites (N-methyl/N-ethyl adjacent to an activating group) is 1. The van der Waals surface area contributed by atoms with Gasteiger partial charge in [0.1, 0.15) is 0 Å². The third kappa shape index (κ3) is 5.12. The molecule has 0 aromatic heterocycles. The summed E-state index contributed by atoms with van der Waals surface area (Å²) < 4.78 is 5.87. The molecule has 0 heterocycles. The quantitative estimate of drug-likeness (QED) is 0.753. The van der Waals surface area contributed by atoms with Gasteiger partial charge in [0, 0.05) is 24.5 Å². The Morgan fingerprint density at radius 3 is 2.80 bits per heavy atom. The summed E-state index contributed by atoms with van der Waals surface area (Å²) >= 11 is 6.01. The van der Waals surface area contributed by atoms with E-state index in [2.05, 4.69) is 48.2 Å². The summed E-state index contributed by atoms with van der Waals surface area (Å²) in [7, 11) is 0. The molecule has 20 heavy (non-hydrogen) atoms. The lowest BCUT2D eigenvalue weighted by Gasteiger charge is -2.22. The summed E-state index contributed by atoms with van der Waals surface area (Å²) in [6.07, 6.45) is 6.89. The van der Waals surface area contributed by atoms with Gasteiger partial charge in [0.2, 0.25) is 0 Å². The lowest BCUT2D eigenvalue weighted by atomic mass is 10.1. The fourth-order valence-corrected chi connectivity index (χ4v) is 2.48. The first-order chi connectivity index (χ1) is 9.78. The van der Waals surface area contributed by atoms with Gasteiger partial charge in [-0.05, 0) is 18.2 Å². The summed E-state index contributed by atoms with van der Waals surface area (Å²) in [5, 5.41) is 0.870. The molecule has 1 atom stereocenters. The van der Waals surface area contributed by atoms with E-state index in [1.54, 1.807) is 0 Å². The largest absolute Gasteiger partial charge is 0.372 e. The molecule has 0 bridgehead atoms. The van der Waals surface area contributed by atoms with Crippen molar-refractivity contribution in [2.75, 3.05) is 19.7 Å². The fourth-order valence-electron chi connectivity index (χ4n) is 2.25. The SMILES string of the molecule is CCN(CCOC1C=CC=C(Cl)C1)Cc1ccccc1. The molecule has 1 aromatic rings. The van der Waals surface area contributed by atoms with Crippen molar-refractivity contribution < 1.29 is 4.74 Å². The molecule has 108 valence electrons. The van der Waals surface area contributed by atoms with Gasteiger partial charge in [0.15, 0.2) is 0 Å². The number of rotatable bonds is 7. The lowest BCUT2D eigenvalue weighted by Crippen LogP contribution is -2.28. The van der Waals surface area contributed by atoms with E-state index in [-0.39, 0.29) is 6.10 Å². The van der Waals surface area contributed by atoms with Crippen molar-refractivity contribution in [2.45, 2.75) is 26.0 Å². The van der Waals surface area contributed by atoms with Crippen LogP contribution in [0.2, 0.25) is 0 Å². The van der Waals surface area contributed by atoms with E-state index in [0.29, 0.717) is 0 Å². The van der Waals surface area contributed by atoms with E-state index in [4.69, 9.17) is 16.3 Å². The molecule has 1 aliphatic rings. The van der Waals surface area contributed by atoms with Gasteiger partial charge in [-0.2, -0.15) is 0 Å². The third-order valence-electron chi connectivity index (χ3n) is 3.43. The molecule has 0 aliphatic heterocycles. The van der Waals surface area contributed by atoms with Crippen LogP contribution in [0.3, 0.4) is 0 Å². The zero-order chi connectivity index (χ0) is 14.2. The maximum Gasteiger partial charge on any atom is 0.0808 e. The number of benzene rings is 1. The minimum absolute atomic E-state index is 0.128. The van der Waals surface area contributed by atoms with Crippen LogP contribution < -0.4 is 0 Å². The van der Waals surface area contributed by atoms with Crippen molar-refractivity contribution in [1.82, 2.24) is 4.90 Å². The molecule has 0 radical (unpaired) electrons. The van der Waals surface area contributed by atoms with Crippen molar-refractivity contribution in [3.05, 3.63) is 59.2 Å². The highest BCUT2D eigenvalue weighted by Crippen LogP contribution is 2.18. The zero-order valence-corrected chi connectivity index (χ0v) is 12.7. The van der Waals surface area contributed by atoms with Crippen molar-refractivity contribution in [2.24, 2.45) is 0 Å². The van der Waals surface area contributed by atoms with Gasteiger partial charge in [0.25, 0.3) is 0 Å². The highest BCUT2D eigenvalue weighted by atomic mass is 35.5. The van der Waals surface area contributed by atoms with Crippen LogP contribution >= 0.6 is 11.6 Å². The summed E-state index contributed by atoms with van der Waals surface area (Å²) in [6, 6.07) is 10.5. The Labute approximate surface area is 126 Å². The molecular weight excluding hydrogens is 270 g/mol. The molecule has 3 heteroatoms. The maximum absolute atomic E-state index is 6.01. The first-order valence-corrected chi connectivity index (χ1v) is 7.56. The Morgan fingerprint density at radius 1 is 1.30 bits per heavy atom. The molecule has 2 rings (SSSR count). The first kappa shape index (κ1) is 15.3. The van der Waals surface area contributed by atoms with Crippen LogP contribution in [0.25, 0.3) is 0 Å². The van der Waals surface area contributed by atoms with Gasteiger partial charge in [-0.1, -0.05) is 61.0 Å². The maximum atomic E-state index is 6.01. The molecule has 1 aromatic carbocycles. The standard InChI is InChI=1S/C17H22ClNO/c1-2-19(14-15-7-4-3-5-8-15)11-12-20-17-10-6-9-16(18)13-17/h3-10,17H,2,11-14H2,1H3. The second-order valence-electron chi connectivity index (χ2n) is 4.97. The van der Waals surface area contributed by atoms with Crippen LogP contribution in [-0.2, 0) is 11.3 Å². The highest BCUT2D eigenvalue weighted by molar-refractivity contribution is 6.29. The lowest BCUT2D eigenvalue weighted by molar-refractivity contribution is 0.0644. The smallest absolute Gasteiger partial charge is 0.0808 e. The predicted molar refractivity (Wildman–Crippen MR) is 84.8 cm³/mol. The average Bonchev–Trinajstić information content (AvgIpc) is 2.47. The zero-order valence-electron chi connectivity index (χ0n) is 12.0. The van der Waals surface area contributed by atoms with Crippen molar-refractivity contribution in [1.29, 1.82) is 0 Å². The Morgan fingerprint density at radius 2 is 2.10 bits per heavy atom. The topological polar surface area (TPSA) is 12.5 Å². The molecule has 1 unspecified atom stereocenters. The molecule has 0 fully saturated rings. The van der Waals surface area contributed by atoms with Gasteiger partial charge in [0.05, 0.1) is 12.7 Å². The Bertz CT molecular complexity index is 455. The Balaban J connectivity index is 1.72. The van der Waals surface area contributed by atoms with Crippen molar-refractivity contribution in [3.8, 4) is 0 Å². The molecule has 0 saturated carbocycles. The number of ether oxygens (including phenoxy) is 1. The molecular formula is C17H22ClNO. The summed E-state index contributed by atoms with van der Waals surface area (Å²) in [6.45, 7) is 5.86. The highest BCUT2D eigenvalue weighted by Gasteiger charge is 2.11. The molecule has 0 spiro atoms. The Hall–Kier alpha value is -1.09. The van der Waals surface area contributed by atoms with E-state index < -0.39 is 0 Å². The van der Waals surface area contributed by atoms with Crippen molar-refractivity contribution in [3.63, 3.8) is 0 Å². The van der Waals surface area contributed by atoms with Gasteiger partial charge < -0.3 is 4.74 Å². The van der Waals surface area contributed by atoms with Crippen LogP contribution in [0.4, 0.5) is 0 Å². The minimum Gasteiger partial charge on any atom is -0.372 e. The Kier molecular flexibility index (Phi) is 6.31. The van der Waals surface area contributed by atoms with Crippen LogP contribution in [0, 0.1) is 0 Å². The van der Waals surface area contributed by atoms with E-state index in [1.807, 2.05) is 12.2 Å². The number of nitrogens with zero attached hydrogens (tertiary/aromatic N) is 1. The van der Waals surface area contributed by atoms with Crippen LogP contribution in [-0.4, -0.2) is 30.7 Å². The number of allylic oxidation sites excluding steroid dienone is 2. The van der Waals surface area contributed by atoms with Crippen LogP contribution in [0.5, 0.6) is 0 Å². The normalized spacial score (nSPS) is 18.4. The monoisotopic (exact) mass is 291 g/mol. The van der Waals surface area contributed by atoms with Gasteiger partial charge in [-0.3, -0.25) is 4.90 Å². The predicted octanol–water partition coefficient (Wildman–Crippen LogP) is 3.98. The van der Waals surface area contributed by atoms with Crippen LogP contribution in [0.15, 0.2) is 53.6 Å². The average molecular weight is 292 g/mol. The summed E-state index contributed by atoms with van der Waals surface area (Å²) in [5.74, 6) is 0. The van der Waals surface area contributed by atoms with Crippen LogP contribution in [0.1, 0.15) is 18.9 Å². The van der Waals surface area contributed by atoms with E-state index >= 15 is 0 Å². The van der Waals surface area contributed by atoms with Gasteiger partial charge in [-0.25, -0.2) is 0 Å². The first-order valence-electron chi connectivity index (χ1n) is 7.18. The number of hydrogen-bond acceptors (Lipinski definition) is 2.